The summed E-state index contributed by atoms with van der Waals surface area (Å²) in [4.78, 5) is 0. The second kappa shape index (κ2) is 6.70. The van der Waals surface area contributed by atoms with Crippen LogP contribution in [0.25, 0.3) is 0 Å². The molecule has 0 radical (unpaired) electrons. The highest BCUT2D eigenvalue weighted by molar-refractivity contribution is 7.86. The van der Waals surface area contributed by atoms with Crippen molar-refractivity contribution in [1.29, 1.82) is 0 Å². The van der Waals surface area contributed by atoms with E-state index in [0.717, 1.165) is 19.3 Å². The van der Waals surface area contributed by atoms with Crippen molar-refractivity contribution in [3.05, 3.63) is 35.9 Å². The Labute approximate surface area is 122 Å². The van der Waals surface area contributed by atoms with Gasteiger partial charge in [-0.2, -0.15) is 17.0 Å². The van der Waals surface area contributed by atoms with E-state index in [-0.39, 0.29) is 6.04 Å². The lowest BCUT2D eigenvalue weighted by atomic mass is 10.1. The predicted octanol–water partition coefficient (Wildman–Crippen LogP) is 2.28. The van der Waals surface area contributed by atoms with Crippen LogP contribution in [0.15, 0.2) is 30.3 Å². The molecule has 1 aromatic rings. The molecular formula is C15H24N2O2S. The summed E-state index contributed by atoms with van der Waals surface area (Å²) in [5.41, 5.74) is 1.21. The minimum atomic E-state index is -3.30. The maximum Gasteiger partial charge on any atom is 0.282 e. The largest absolute Gasteiger partial charge is 0.282 e. The Morgan fingerprint density at radius 1 is 1.20 bits per heavy atom. The molecule has 1 aliphatic heterocycles. The topological polar surface area (TPSA) is 40.6 Å². The van der Waals surface area contributed by atoms with Crippen LogP contribution in [0.4, 0.5) is 0 Å². The zero-order valence-electron chi connectivity index (χ0n) is 12.3. The second-order valence-corrected chi connectivity index (χ2v) is 7.07. The maximum atomic E-state index is 12.6. The van der Waals surface area contributed by atoms with Gasteiger partial charge >= 0.3 is 0 Å². The van der Waals surface area contributed by atoms with Crippen LogP contribution in [-0.2, 0) is 16.6 Å². The predicted molar refractivity (Wildman–Crippen MR) is 81.7 cm³/mol. The van der Waals surface area contributed by atoms with Gasteiger partial charge in [0, 0.05) is 25.7 Å². The molecule has 2 rings (SSSR count). The number of benzene rings is 1. The first kappa shape index (κ1) is 15.5. The molecule has 20 heavy (non-hydrogen) atoms. The third kappa shape index (κ3) is 3.22. The normalized spacial score (nSPS) is 20.6. The summed E-state index contributed by atoms with van der Waals surface area (Å²) in [6, 6.07) is 10.2. The van der Waals surface area contributed by atoms with Gasteiger partial charge in [0.05, 0.1) is 0 Å². The fraction of sp³-hybridized carbons (Fsp3) is 0.600. The lowest BCUT2D eigenvalue weighted by molar-refractivity contribution is 0.333. The molecule has 0 aromatic heterocycles. The Balaban J connectivity index is 2.15. The maximum absolute atomic E-state index is 12.6. The fourth-order valence-electron chi connectivity index (χ4n) is 2.90. The fourth-order valence-corrected chi connectivity index (χ4v) is 4.77. The first-order chi connectivity index (χ1) is 9.59. The highest BCUT2D eigenvalue weighted by Crippen LogP contribution is 2.25. The number of hydrogen-bond donors (Lipinski definition) is 0. The quantitative estimate of drug-likeness (QED) is 0.808. The van der Waals surface area contributed by atoms with Gasteiger partial charge in [-0.25, -0.2) is 0 Å². The minimum Gasteiger partial charge on any atom is -0.195 e. The van der Waals surface area contributed by atoms with Crippen LogP contribution in [0.2, 0.25) is 0 Å². The van der Waals surface area contributed by atoms with Crippen molar-refractivity contribution in [3.8, 4) is 0 Å². The molecule has 1 fully saturated rings. The molecule has 1 saturated heterocycles. The molecule has 1 aromatic carbocycles. The van der Waals surface area contributed by atoms with E-state index in [1.807, 2.05) is 32.0 Å². The molecule has 0 N–H and O–H groups in total. The smallest absolute Gasteiger partial charge is 0.195 e. The average molecular weight is 296 g/mol. The molecule has 0 amide bonds. The molecular weight excluding hydrogens is 272 g/mol. The SMILES string of the molecule is CCN(CC)S(=O)(=O)N1CCC[C@@H]1Cc1ccccc1. The van der Waals surface area contributed by atoms with Crippen LogP contribution >= 0.6 is 0 Å². The molecule has 1 atom stereocenters. The Kier molecular flexibility index (Phi) is 5.18. The average Bonchev–Trinajstić information content (AvgIpc) is 2.90. The third-order valence-corrected chi connectivity index (χ3v) is 6.21. The van der Waals surface area contributed by atoms with E-state index in [4.69, 9.17) is 0 Å². The van der Waals surface area contributed by atoms with Crippen molar-refractivity contribution in [1.82, 2.24) is 8.61 Å². The highest BCUT2D eigenvalue weighted by Gasteiger charge is 2.36. The summed E-state index contributed by atoms with van der Waals surface area (Å²) < 4.78 is 28.5. The van der Waals surface area contributed by atoms with Gasteiger partial charge in [-0.3, -0.25) is 0 Å². The molecule has 0 aliphatic carbocycles. The molecule has 0 saturated carbocycles. The Morgan fingerprint density at radius 3 is 2.45 bits per heavy atom. The monoisotopic (exact) mass is 296 g/mol. The van der Waals surface area contributed by atoms with Gasteiger partial charge in [0.2, 0.25) is 0 Å². The van der Waals surface area contributed by atoms with Gasteiger partial charge in [0.1, 0.15) is 0 Å². The van der Waals surface area contributed by atoms with Crippen molar-refractivity contribution >= 4 is 10.2 Å². The van der Waals surface area contributed by atoms with E-state index in [1.54, 1.807) is 8.61 Å². The van der Waals surface area contributed by atoms with E-state index >= 15 is 0 Å². The molecule has 112 valence electrons. The zero-order chi connectivity index (χ0) is 14.6. The Morgan fingerprint density at radius 2 is 1.85 bits per heavy atom. The van der Waals surface area contributed by atoms with E-state index in [2.05, 4.69) is 12.1 Å². The van der Waals surface area contributed by atoms with Crippen LogP contribution in [0.3, 0.4) is 0 Å². The summed E-state index contributed by atoms with van der Waals surface area (Å²) in [7, 11) is -3.30. The van der Waals surface area contributed by atoms with Crippen molar-refractivity contribution in [2.45, 2.75) is 39.2 Å². The minimum absolute atomic E-state index is 0.1000. The van der Waals surface area contributed by atoms with Gasteiger partial charge in [-0.1, -0.05) is 44.2 Å². The lowest BCUT2D eigenvalue weighted by Crippen LogP contribution is -2.46. The third-order valence-electron chi connectivity index (χ3n) is 3.97. The van der Waals surface area contributed by atoms with Gasteiger partial charge in [-0.15, -0.1) is 0 Å². The lowest BCUT2D eigenvalue weighted by Gasteiger charge is -2.29. The first-order valence-electron chi connectivity index (χ1n) is 7.40. The van der Waals surface area contributed by atoms with Gasteiger partial charge in [0.25, 0.3) is 10.2 Å². The number of hydrogen-bond acceptors (Lipinski definition) is 2. The Hall–Kier alpha value is -0.910. The van der Waals surface area contributed by atoms with Crippen LogP contribution < -0.4 is 0 Å². The van der Waals surface area contributed by atoms with Crippen molar-refractivity contribution < 1.29 is 8.42 Å². The molecule has 1 heterocycles. The van der Waals surface area contributed by atoms with E-state index in [1.165, 1.54) is 5.56 Å². The highest BCUT2D eigenvalue weighted by atomic mass is 32.2. The summed E-state index contributed by atoms with van der Waals surface area (Å²) >= 11 is 0. The molecule has 4 nitrogen and oxygen atoms in total. The number of rotatable bonds is 6. The molecule has 1 aliphatic rings. The zero-order valence-corrected chi connectivity index (χ0v) is 13.1. The summed E-state index contributed by atoms with van der Waals surface area (Å²) in [6.07, 6.45) is 2.72. The second-order valence-electron chi connectivity index (χ2n) is 5.19. The van der Waals surface area contributed by atoms with Crippen LogP contribution in [-0.4, -0.2) is 42.7 Å². The summed E-state index contributed by atoms with van der Waals surface area (Å²) in [5, 5.41) is 0. The molecule has 0 unspecified atom stereocenters. The molecule has 0 bridgehead atoms. The number of nitrogens with zero attached hydrogens (tertiary/aromatic N) is 2. The summed E-state index contributed by atoms with van der Waals surface area (Å²) in [6.45, 7) is 5.50. The Bertz CT molecular complexity index is 512. The van der Waals surface area contributed by atoms with E-state index in [9.17, 15) is 8.42 Å². The van der Waals surface area contributed by atoms with Gasteiger partial charge < -0.3 is 0 Å². The molecule has 0 spiro atoms. The van der Waals surface area contributed by atoms with Gasteiger partial charge in [0.15, 0.2) is 0 Å². The van der Waals surface area contributed by atoms with E-state index < -0.39 is 10.2 Å². The van der Waals surface area contributed by atoms with Crippen molar-refractivity contribution in [2.75, 3.05) is 19.6 Å². The van der Waals surface area contributed by atoms with Crippen LogP contribution in [0, 0.1) is 0 Å². The first-order valence-corrected chi connectivity index (χ1v) is 8.80. The molecule has 5 heteroatoms. The van der Waals surface area contributed by atoms with E-state index in [0.29, 0.717) is 19.6 Å². The van der Waals surface area contributed by atoms with Crippen molar-refractivity contribution in [2.24, 2.45) is 0 Å². The van der Waals surface area contributed by atoms with Crippen molar-refractivity contribution in [3.63, 3.8) is 0 Å². The van der Waals surface area contributed by atoms with Crippen LogP contribution in [0.5, 0.6) is 0 Å². The van der Waals surface area contributed by atoms with Crippen LogP contribution in [0.1, 0.15) is 32.3 Å². The summed E-state index contributed by atoms with van der Waals surface area (Å²) in [5.74, 6) is 0. The standard InChI is InChI=1S/C15H24N2O2S/c1-3-16(4-2)20(18,19)17-12-8-11-15(17)13-14-9-6-5-7-10-14/h5-7,9-10,15H,3-4,8,11-13H2,1-2H3/t15-/m1/s1. The van der Waals surface area contributed by atoms with Gasteiger partial charge in [-0.05, 0) is 24.8 Å².